The lowest BCUT2D eigenvalue weighted by Gasteiger charge is -2.29. The van der Waals surface area contributed by atoms with Crippen molar-refractivity contribution in [1.29, 1.82) is 0 Å². The van der Waals surface area contributed by atoms with Gasteiger partial charge in [0.25, 0.3) is 0 Å². The second kappa shape index (κ2) is 8.10. The summed E-state index contributed by atoms with van der Waals surface area (Å²) >= 11 is 0. The number of piperidine rings is 1. The van der Waals surface area contributed by atoms with Gasteiger partial charge < -0.3 is 9.42 Å². The molecule has 2 heterocycles. The molecule has 0 N–H and O–H groups in total. The van der Waals surface area contributed by atoms with Crippen LogP contribution in [0.5, 0.6) is 0 Å². The third kappa shape index (κ3) is 4.35. The molecule has 0 aliphatic carbocycles. The molecule has 0 bridgehead atoms. The molecule has 2 aromatic rings. The number of carbonyl (C=O) groups excluding carboxylic acids is 1. The van der Waals surface area contributed by atoms with Gasteiger partial charge in [-0.1, -0.05) is 49.3 Å². The van der Waals surface area contributed by atoms with Crippen LogP contribution in [0, 0.1) is 0 Å². The first kappa shape index (κ1) is 17.4. The third-order valence-electron chi connectivity index (χ3n) is 4.88. The zero-order chi connectivity index (χ0) is 17.6. The number of hydrogen-bond acceptors (Lipinski definition) is 4. The molecule has 0 spiro atoms. The Morgan fingerprint density at radius 3 is 2.72 bits per heavy atom. The first-order chi connectivity index (χ1) is 12.2. The van der Waals surface area contributed by atoms with Gasteiger partial charge in [0.2, 0.25) is 11.8 Å². The SMILES string of the molecule is CC[C@H](C)c1noc(C2CCN(C(=O)/C=C/c3ccccc3)CC2)n1. The van der Waals surface area contributed by atoms with Crippen molar-refractivity contribution >= 4 is 12.0 Å². The van der Waals surface area contributed by atoms with E-state index in [1.165, 1.54) is 0 Å². The van der Waals surface area contributed by atoms with E-state index in [1.54, 1.807) is 6.08 Å². The predicted molar refractivity (Wildman–Crippen MR) is 97.0 cm³/mol. The molecule has 1 aliphatic heterocycles. The van der Waals surface area contributed by atoms with Crippen molar-refractivity contribution < 1.29 is 9.32 Å². The Kier molecular flexibility index (Phi) is 5.64. The molecule has 1 aromatic heterocycles. The van der Waals surface area contributed by atoms with E-state index in [2.05, 4.69) is 24.0 Å². The maximum Gasteiger partial charge on any atom is 0.246 e. The van der Waals surface area contributed by atoms with Crippen LogP contribution in [0.25, 0.3) is 6.08 Å². The highest BCUT2D eigenvalue weighted by Gasteiger charge is 2.27. The first-order valence-electron chi connectivity index (χ1n) is 9.03. The summed E-state index contributed by atoms with van der Waals surface area (Å²) in [6, 6.07) is 9.87. The van der Waals surface area contributed by atoms with Gasteiger partial charge in [-0.15, -0.1) is 0 Å². The van der Waals surface area contributed by atoms with Gasteiger partial charge in [0.1, 0.15) is 0 Å². The smallest absolute Gasteiger partial charge is 0.246 e. The molecule has 0 unspecified atom stereocenters. The van der Waals surface area contributed by atoms with Crippen LogP contribution < -0.4 is 0 Å². The highest BCUT2D eigenvalue weighted by Crippen LogP contribution is 2.28. The standard InChI is InChI=1S/C20H25N3O2/c1-3-15(2)19-21-20(25-22-19)17-11-13-23(14-12-17)18(24)10-9-16-7-5-4-6-8-16/h4-10,15,17H,3,11-14H2,1-2H3/b10-9+/t15-/m0/s1. The van der Waals surface area contributed by atoms with Crippen molar-refractivity contribution in [3.63, 3.8) is 0 Å². The van der Waals surface area contributed by atoms with Crippen molar-refractivity contribution in [2.75, 3.05) is 13.1 Å². The van der Waals surface area contributed by atoms with Gasteiger partial charge in [-0.3, -0.25) is 4.79 Å². The molecule has 5 heteroatoms. The maximum atomic E-state index is 12.3. The van der Waals surface area contributed by atoms with Crippen LogP contribution in [0.15, 0.2) is 40.9 Å². The fraction of sp³-hybridized carbons (Fsp3) is 0.450. The Hall–Kier alpha value is -2.43. The number of amides is 1. The number of likely N-dealkylation sites (tertiary alicyclic amines) is 1. The largest absolute Gasteiger partial charge is 0.339 e. The topological polar surface area (TPSA) is 59.2 Å². The summed E-state index contributed by atoms with van der Waals surface area (Å²) in [7, 11) is 0. The molecule has 132 valence electrons. The zero-order valence-corrected chi connectivity index (χ0v) is 14.9. The van der Waals surface area contributed by atoms with E-state index in [1.807, 2.05) is 41.3 Å². The van der Waals surface area contributed by atoms with E-state index in [0.717, 1.165) is 49.6 Å². The summed E-state index contributed by atoms with van der Waals surface area (Å²) in [4.78, 5) is 18.8. The third-order valence-corrected chi connectivity index (χ3v) is 4.88. The Balaban J connectivity index is 1.54. The number of benzene rings is 1. The van der Waals surface area contributed by atoms with E-state index >= 15 is 0 Å². The second-order valence-electron chi connectivity index (χ2n) is 6.64. The molecule has 25 heavy (non-hydrogen) atoms. The van der Waals surface area contributed by atoms with E-state index in [0.29, 0.717) is 5.92 Å². The lowest BCUT2D eigenvalue weighted by Crippen LogP contribution is -2.36. The highest BCUT2D eigenvalue weighted by molar-refractivity contribution is 5.91. The molecule has 1 aliphatic rings. The van der Waals surface area contributed by atoms with Crippen LogP contribution in [0.3, 0.4) is 0 Å². The molecule has 1 aromatic carbocycles. The quantitative estimate of drug-likeness (QED) is 0.773. The molecule has 1 saturated heterocycles. The van der Waals surface area contributed by atoms with Gasteiger partial charge in [0, 0.05) is 31.0 Å². The molecule has 5 nitrogen and oxygen atoms in total. The van der Waals surface area contributed by atoms with E-state index in [4.69, 9.17) is 4.52 Å². The van der Waals surface area contributed by atoms with Crippen LogP contribution in [-0.4, -0.2) is 34.0 Å². The number of rotatable bonds is 5. The Bertz CT molecular complexity index is 716. The van der Waals surface area contributed by atoms with Crippen molar-refractivity contribution in [3.05, 3.63) is 53.7 Å². The van der Waals surface area contributed by atoms with Crippen LogP contribution >= 0.6 is 0 Å². The van der Waals surface area contributed by atoms with Gasteiger partial charge in [-0.2, -0.15) is 4.98 Å². The molecule has 1 atom stereocenters. The minimum absolute atomic E-state index is 0.0631. The second-order valence-corrected chi connectivity index (χ2v) is 6.64. The maximum absolute atomic E-state index is 12.3. The number of hydrogen-bond donors (Lipinski definition) is 0. The van der Waals surface area contributed by atoms with E-state index in [9.17, 15) is 4.79 Å². The Morgan fingerprint density at radius 1 is 1.32 bits per heavy atom. The number of aromatic nitrogens is 2. The van der Waals surface area contributed by atoms with Gasteiger partial charge in [-0.05, 0) is 30.9 Å². The van der Waals surface area contributed by atoms with Crippen molar-refractivity contribution in [2.24, 2.45) is 0 Å². The Morgan fingerprint density at radius 2 is 2.04 bits per heavy atom. The summed E-state index contributed by atoms with van der Waals surface area (Å²) < 4.78 is 5.45. The summed E-state index contributed by atoms with van der Waals surface area (Å²) in [6.45, 7) is 5.68. The first-order valence-corrected chi connectivity index (χ1v) is 9.03. The molecule has 0 radical (unpaired) electrons. The molecular weight excluding hydrogens is 314 g/mol. The minimum atomic E-state index is 0.0631. The fourth-order valence-electron chi connectivity index (χ4n) is 2.98. The molecule has 0 saturated carbocycles. The predicted octanol–water partition coefficient (Wildman–Crippen LogP) is 4.00. The summed E-state index contributed by atoms with van der Waals surface area (Å²) in [5.74, 6) is 2.16. The Labute approximate surface area is 148 Å². The van der Waals surface area contributed by atoms with Crippen LogP contribution in [-0.2, 0) is 4.79 Å². The molecule has 1 amide bonds. The lowest BCUT2D eigenvalue weighted by molar-refractivity contribution is -0.127. The molecule has 1 fully saturated rings. The number of nitrogens with zero attached hydrogens (tertiary/aromatic N) is 3. The van der Waals surface area contributed by atoms with Crippen molar-refractivity contribution in [3.8, 4) is 0 Å². The average Bonchev–Trinajstić information content (AvgIpc) is 3.16. The van der Waals surface area contributed by atoms with Crippen molar-refractivity contribution in [1.82, 2.24) is 15.0 Å². The van der Waals surface area contributed by atoms with Crippen molar-refractivity contribution in [2.45, 2.75) is 44.9 Å². The highest BCUT2D eigenvalue weighted by atomic mass is 16.5. The molecule has 3 rings (SSSR count). The molecular formula is C20H25N3O2. The monoisotopic (exact) mass is 339 g/mol. The summed E-state index contributed by atoms with van der Waals surface area (Å²) in [5, 5.41) is 4.10. The van der Waals surface area contributed by atoms with Gasteiger partial charge in [0.05, 0.1) is 0 Å². The summed E-state index contributed by atoms with van der Waals surface area (Å²) in [5.41, 5.74) is 1.04. The van der Waals surface area contributed by atoms with Crippen LogP contribution in [0.2, 0.25) is 0 Å². The van der Waals surface area contributed by atoms with Gasteiger partial charge in [-0.25, -0.2) is 0 Å². The van der Waals surface area contributed by atoms with E-state index in [-0.39, 0.29) is 11.8 Å². The van der Waals surface area contributed by atoms with E-state index < -0.39 is 0 Å². The average molecular weight is 339 g/mol. The zero-order valence-electron chi connectivity index (χ0n) is 14.9. The van der Waals surface area contributed by atoms with Gasteiger partial charge in [0.15, 0.2) is 5.82 Å². The number of carbonyl (C=O) groups is 1. The minimum Gasteiger partial charge on any atom is -0.339 e. The normalized spacial score (nSPS) is 17.1. The fourth-order valence-corrected chi connectivity index (χ4v) is 2.98. The van der Waals surface area contributed by atoms with Crippen LogP contribution in [0.1, 0.15) is 62.2 Å². The lowest BCUT2D eigenvalue weighted by atomic mass is 9.96. The van der Waals surface area contributed by atoms with Crippen LogP contribution in [0.4, 0.5) is 0 Å². The van der Waals surface area contributed by atoms with Gasteiger partial charge >= 0.3 is 0 Å². The summed E-state index contributed by atoms with van der Waals surface area (Å²) in [6.07, 6.45) is 6.26.